The zero-order valence-electron chi connectivity index (χ0n) is 16.7. The van der Waals surface area contributed by atoms with Gasteiger partial charge >= 0.3 is 0 Å². The first kappa shape index (κ1) is 19.7. The molecule has 4 rings (SSSR count). The molecule has 1 saturated carbocycles. The fourth-order valence-corrected chi connectivity index (χ4v) is 5.37. The summed E-state index contributed by atoms with van der Waals surface area (Å²) in [6.45, 7) is 1.77. The Balaban J connectivity index is 1.51. The van der Waals surface area contributed by atoms with E-state index in [0.717, 1.165) is 12.8 Å². The number of amides is 1. The van der Waals surface area contributed by atoms with Crippen LogP contribution in [-0.4, -0.2) is 20.7 Å². The minimum atomic E-state index is -0.247. The number of thiophene rings is 1. The van der Waals surface area contributed by atoms with E-state index in [4.69, 9.17) is 0 Å². The van der Waals surface area contributed by atoms with Gasteiger partial charge in [0.15, 0.2) is 0 Å². The third kappa shape index (κ3) is 3.81. The van der Waals surface area contributed by atoms with Crippen LogP contribution in [0.25, 0.3) is 11.0 Å². The summed E-state index contributed by atoms with van der Waals surface area (Å²) in [5, 5.41) is 8.39. The van der Waals surface area contributed by atoms with E-state index in [-0.39, 0.29) is 29.5 Å². The lowest BCUT2D eigenvalue weighted by molar-refractivity contribution is -0.122. The lowest BCUT2D eigenvalue weighted by atomic mass is 9.96. The summed E-state index contributed by atoms with van der Waals surface area (Å²) < 4.78 is 1.51. The molecule has 3 aromatic rings. The van der Waals surface area contributed by atoms with E-state index in [0.29, 0.717) is 34.5 Å². The quantitative estimate of drug-likeness (QED) is 0.578. The smallest absolute Gasteiger partial charge is 0.273 e. The van der Waals surface area contributed by atoms with E-state index in [1.165, 1.54) is 22.4 Å². The summed E-state index contributed by atoms with van der Waals surface area (Å²) in [6.07, 6.45) is 5.21. The molecule has 8 heteroatoms. The molecule has 1 aliphatic rings. The lowest BCUT2D eigenvalue weighted by Gasteiger charge is -2.24. The van der Waals surface area contributed by atoms with Gasteiger partial charge in [-0.3, -0.25) is 24.2 Å². The van der Waals surface area contributed by atoms with Gasteiger partial charge in [-0.05, 0) is 49.1 Å². The van der Waals surface area contributed by atoms with Crippen LogP contribution in [0.2, 0.25) is 0 Å². The molecule has 1 aliphatic carbocycles. The molecular weight excluding hydrogens is 388 g/mol. The third-order valence-corrected chi connectivity index (χ3v) is 7.00. The van der Waals surface area contributed by atoms with Gasteiger partial charge in [-0.25, -0.2) is 0 Å². The summed E-state index contributed by atoms with van der Waals surface area (Å²) in [5.74, 6) is 0.415. The molecular formula is C21H26N4O3S. The molecule has 0 radical (unpaired) electrons. The molecule has 7 nitrogen and oxygen atoms in total. The van der Waals surface area contributed by atoms with E-state index in [1.807, 2.05) is 11.4 Å². The maximum Gasteiger partial charge on any atom is 0.273 e. The molecule has 154 valence electrons. The maximum absolute atomic E-state index is 12.7. The van der Waals surface area contributed by atoms with E-state index in [9.17, 15) is 14.4 Å². The summed E-state index contributed by atoms with van der Waals surface area (Å²) in [7, 11) is 1.68. The third-order valence-electron chi connectivity index (χ3n) is 6.04. The number of fused-ring (bicyclic) bond motifs is 1. The van der Waals surface area contributed by atoms with Crippen LogP contribution in [0.1, 0.15) is 54.1 Å². The maximum atomic E-state index is 12.7. The number of nitrogens with zero attached hydrogens (tertiary/aromatic N) is 1. The fraction of sp³-hybridized carbons (Fsp3) is 0.476. The highest BCUT2D eigenvalue weighted by molar-refractivity contribution is 7.10. The monoisotopic (exact) mass is 414 g/mol. The topological polar surface area (TPSA) is 99.8 Å². The highest BCUT2D eigenvalue weighted by Crippen LogP contribution is 2.37. The summed E-state index contributed by atoms with van der Waals surface area (Å²) >= 11 is 1.67. The van der Waals surface area contributed by atoms with Crippen LogP contribution in [0.3, 0.4) is 0 Å². The number of aryl methyl sites for hydroxylation is 2. The van der Waals surface area contributed by atoms with Crippen LogP contribution in [-0.2, 0) is 18.3 Å². The van der Waals surface area contributed by atoms with Crippen molar-refractivity contribution in [1.29, 1.82) is 0 Å². The Kier molecular flexibility index (Phi) is 5.45. The van der Waals surface area contributed by atoms with Crippen molar-refractivity contribution in [1.82, 2.24) is 20.1 Å². The van der Waals surface area contributed by atoms with Gasteiger partial charge in [0.25, 0.3) is 11.1 Å². The van der Waals surface area contributed by atoms with Gasteiger partial charge in [0.05, 0.1) is 11.4 Å². The van der Waals surface area contributed by atoms with Gasteiger partial charge in [0.1, 0.15) is 5.65 Å². The number of carbonyl (C=O) groups is 1. The number of aromatic amines is 2. The molecule has 3 N–H and O–H groups in total. The number of hydrogen-bond acceptors (Lipinski definition) is 4. The van der Waals surface area contributed by atoms with E-state index in [2.05, 4.69) is 21.5 Å². The zero-order chi connectivity index (χ0) is 20.5. The molecule has 0 spiro atoms. The Hall–Kier alpha value is -2.61. The largest absolute Gasteiger partial charge is 0.348 e. The SMILES string of the molecule is Cc1c(CCC(=O)NC(c2cccs2)C2CCCC2)c(=O)[nH]c2c1c(=O)[nH]n2C. The number of pyridine rings is 1. The van der Waals surface area contributed by atoms with E-state index in [1.54, 1.807) is 25.3 Å². The number of nitrogens with one attached hydrogen (secondary N) is 3. The molecule has 1 amide bonds. The first-order valence-corrected chi connectivity index (χ1v) is 11.0. The van der Waals surface area contributed by atoms with Gasteiger partial charge in [-0.1, -0.05) is 18.9 Å². The van der Waals surface area contributed by atoms with Crippen molar-refractivity contribution in [3.8, 4) is 0 Å². The number of H-pyrrole nitrogens is 2. The molecule has 29 heavy (non-hydrogen) atoms. The van der Waals surface area contributed by atoms with Crippen molar-refractivity contribution in [3.63, 3.8) is 0 Å². The fourth-order valence-electron chi connectivity index (χ4n) is 4.50. The lowest BCUT2D eigenvalue weighted by Crippen LogP contribution is -2.32. The first-order valence-electron chi connectivity index (χ1n) is 10.1. The zero-order valence-corrected chi connectivity index (χ0v) is 17.5. The minimum Gasteiger partial charge on any atom is -0.348 e. The highest BCUT2D eigenvalue weighted by atomic mass is 32.1. The van der Waals surface area contributed by atoms with Gasteiger partial charge in [-0.2, -0.15) is 0 Å². The number of aromatic nitrogens is 3. The van der Waals surface area contributed by atoms with Gasteiger partial charge in [-0.15, -0.1) is 11.3 Å². The van der Waals surface area contributed by atoms with Gasteiger partial charge in [0, 0.05) is 23.9 Å². The average Bonchev–Trinajstić information content (AvgIpc) is 3.42. The molecule has 0 saturated heterocycles. The molecule has 3 aromatic heterocycles. The number of carbonyl (C=O) groups excluding carboxylic acids is 1. The normalized spacial score (nSPS) is 15.8. The van der Waals surface area contributed by atoms with Crippen LogP contribution in [0.15, 0.2) is 27.1 Å². The number of hydrogen-bond donors (Lipinski definition) is 3. The average molecular weight is 415 g/mol. The second kappa shape index (κ2) is 8.02. The Bertz CT molecular complexity index is 1130. The molecule has 0 bridgehead atoms. The van der Waals surface area contributed by atoms with Crippen molar-refractivity contribution in [2.75, 3.05) is 0 Å². The van der Waals surface area contributed by atoms with Crippen LogP contribution in [0.4, 0.5) is 0 Å². The van der Waals surface area contributed by atoms with Crippen molar-refractivity contribution < 1.29 is 4.79 Å². The van der Waals surface area contributed by atoms with Gasteiger partial charge < -0.3 is 10.3 Å². The van der Waals surface area contributed by atoms with E-state index >= 15 is 0 Å². The van der Waals surface area contributed by atoms with Crippen LogP contribution in [0, 0.1) is 12.8 Å². The predicted octanol–water partition coefficient (Wildman–Crippen LogP) is 2.91. The summed E-state index contributed by atoms with van der Waals surface area (Å²) in [6, 6.07) is 4.14. The molecule has 1 fully saturated rings. The molecule has 0 aromatic carbocycles. The molecule has 0 aliphatic heterocycles. The van der Waals surface area contributed by atoms with Gasteiger partial charge in [0.2, 0.25) is 5.91 Å². The summed E-state index contributed by atoms with van der Waals surface area (Å²) in [5.41, 5.74) is 1.13. The minimum absolute atomic E-state index is 0.0452. The first-order chi connectivity index (χ1) is 14.0. The van der Waals surface area contributed by atoms with Crippen LogP contribution >= 0.6 is 11.3 Å². The highest BCUT2D eigenvalue weighted by Gasteiger charge is 2.28. The van der Waals surface area contributed by atoms with Crippen molar-refractivity contribution in [2.24, 2.45) is 13.0 Å². The Morgan fingerprint density at radius 3 is 2.76 bits per heavy atom. The Morgan fingerprint density at radius 1 is 1.31 bits per heavy atom. The Labute approximate surface area is 172 Å². The second-order valence-electron chi connectivity index (χ2n) is 7.89. The molecule has 1 atom stereocenters. The summed E-state index contributed by atoms with van der Waals surface area (Å²) in [4.78, 5) is 41.4. The predicted molar refractivity (Wildman–Crippen MR) is 114 cm³/mol. The van der Waals surface area contributed by atoms with Crippen molar-refractivity contribution in [3.05, 3.63) is 54.2 Å². The van der Waals surface area contributed by atoms with Crippen LogP contribution < -0.4 is 16.4 Å². The molecule has 3 heterocycles. The standard InChI is InChI=1S/C21H26N4O3S/c1-12-14(20(27)23-19-17(12)21(28)24-25(19)2)9-10-16(26)22-18(13-6-3-4-7-13)15-8-5-11-29-15/h5,8,11,13,18H,3-4,6-7,9-10H2,1-2H3,(H,22,26)(H,23,27)(H,24,28). The van der Waals surface area contributed by atoms with Crippen molar-refractivity contribution in [2.45, 2.75) is 51.5 Å². The molecule has 1 unspecified atom stereocenters. The van der Waals surface area contributed by atoms with Crippen molar-refractivity contribution >= 4 is 28.3 Å². The second-order valence-corrected chi connectivity index (χ2v) is 8.87. The number of rotatable bonds is 6. The Morgan fingerprint density at radius 2 is 2.07 bits per heavy atom. The van der Waals surface area contributed by atoms with E-state index < -0.39 is 0 Å². The van der Waals surface area contributed by atoms with Crippen LogP contribution in [0.5, 0.6) is 0 Å².